The van der Waals surface area contributed by atoms with Gasteiger partial charge in [-0.3, -0.25) is 0 Å². The number of hydrogen-bond acceptors (Lipinski definition) is 3. The van der Waals surface area contributed by atoms with E-state index in [1.54, 1.807) is 0 Å². The molecule has 0 aromatic heterocycles. The van der Waals surface area contributed by atoms with Crippen LogP contribution in [0.15, 0.2) is 48.5 Å². The minimum Gasteiger partial charge on any atom is -0.489 e. The maximum Gasteiger partial charge on any atom is 0.120 e. The van der Waals surface area contributed by atoms with Gasteiger partial charge in [-0.05, 0) is 28.8 Å². The van der Waals surface area contributed by atoms with Crippen LogP contribution in [0, 0.1) is 0 Å². The Morgan fingerprint density at radius 3 is 2.33 bits per heavy atom. The Balaban J connectivity index is 1.97. The van der Waals surface area contributed by atoms with E-state index in [4.69, 9.17) is 15.6 Å². The van der Waals surface area contributed by atoms with Gasteiger partial charge < -0.3 is 15.6 Å². The summed E-state index contributed by atoms with van der Waals surface area (Å²) in [5, 5.41) is 9.04. The van der Waals surface area contributed by atoms with Crippen LogP contribution in [0.4, 0.5) is 0 Å². The fourth-order valence-corrected chi connectivity index (χ4v) is 1.67. The molecule has 0 bridgehead atoms. The van der Waals surface area contributed by atoms with Crippen molar-refractivity contribution in [1.29, 1.82) is 0 Å². The average Bonchev–Trinajstić information content (AvgIpc) is 2.46. The summed E-state index contributed by atoms with van der Waals surface area (Å²) < 4.78 is 5.67. The molecular formula is C15H17NO2. The van der Waals surface area contributed by atoms with Crippen LogP contribution in [0.5, 0.6) is 5.75 Å². The number of rotatable bonds is 5. The first-order valence-electron chi connectivity index (χ1n) is 5.92. The van der Waals surface area contributed by atoms with Crippen LogP contribution in [0.2, 0.25) is 0 Å². The van der Waals surface area contributed by atoms with E-state index in [0.29, 0.717) is 13.2 Å². The van der Waals surface area contributed by atoms with E-state index in [1.807, 2.05) is 48.5 Å². The molecule has 0 spiro atoms. The van der Waals surface area contributed by atoms with Crippen LogP contribution in [0.25, 0.3) is 0 Å². The highest BCUT2D eigenvalue weighted by atomic mass is 16.5. The lowest BCUT2D eigenvalue weighted by Crippen LogP contribution is -1.98. The Hall–Kier alpha value is -1.84. The topological polar surface area (TPSA) is 55.5 Å². The molecule has 0 fully saturated rings. The molecule has 0 radical (unpaired) electrons. The molecule has 0 unspecified atom stereocenters. The van der Waals surface area contributed by atoms with Gasteiger partial charge in [-0.25, -0.2) is 0 Å². The third-order valence-corrected chi connectivity index (χ3v) is 2.75. The van der Waals surface area contributed by atoms with Gasteiger partial charge in [0.1, 0.15) is 12.4 Å². The van der Waals surface area contributed by atoms with Crippen molar-refractivity contribution in [2.24, 2.45) is 5.73 Å². The lowest BCUT2D eigenvalue weighted by molar-refractivity contribution is 0.278. The van der Waals surface area contributed by atoms with E-state index in [2.05, 4.69) is 0 Å². The third kappa shape index (κ3) is 3.32. The number of ether oxygens (including phenoxy) is 1. The number of benzene rings is 2. The fraction of sp³-hybridized carbons (Fsp3) is 0.200. The van der Waals surface area contributed by atoms with Crippen LogP contribution in [-0.2, 0) is 19.8 Å². The van der Waals surface area contributed by atoms with E-state index in [0.717, 1.165) is 22.4 Å². The van der Waals surface area contributed by atoms with Crippen LogP contribution in [0.1, 0.15) is 16.7 Å². The summed E-state index contributed by atoms with van der Waals surface area (Å²) in [6.07, 6.45) is 0. The zero-order valence-electron chi connectivity index (χ0n) is 10.2. The monoisotopic (exact) mass is 243 g/mol. The van der Waals surface area contributed by atoms with Crippen molar-refractivity contribution in [2.75, 3.05) is 0 Å². The van der Waals surface area contributed by atoms with Crippen LogP contribution in [0.3, 0.4) is 0 Å². The van der Waals surface area contributed by atoms with Crippen molar-refractivity contribution >= 4 is 0 Å². The van der Waals surface area contributed by atoms with Gasteiger partial charge in [-0.2, -0.15) is 0 Å². The largest absolute Gasteiger partial charge is 0.489 e. The predicted molar refractivity (Wildman–Crippen MR) is 71.0 cm³/mol. The van der Waals surface area contributed by atoms with Crippen molar-refractivity contribution in [3.8, 4) is 5.75 Å². The third-order valence-electron chi connectivity index (χ3n) is 2.75. The summed E-state index contributed by atoms with van der Waals surface area (Å²) in [5.41, 5.74) is 8.61. The van der Waals surface area contributed by atoms with E-state index in [-0.39, 0.29) is 6.61 Å². The Kier molecular flexibility index (Phi) is 4.34. The number of nitrogens with two attached hydrogens (primary N) is 1. The maximum absolute atomic E-state index is 9.04. The van der Waals surface area contributed by atoms with Crippen LogP contribution < -0.4 is 10.5 Å². The van der Waals surface area contributed by atoms with Crippen molar-refractivity contribution in [3.63, 3.8) is 0 Å². The second kappa shape index (κ2) is 6.19. The summed E-state index contributed by atoms with van der Waals surface area (Å²) in [7, 11) is 0. The average molecular weight is 243 g/mol. The Morgan fingerprint density at radius 1 is 0.944 bits per heavy atom. The molecular weight excluding hydrogens is 226 g/mol. The van der Waals surface area contributed by atoms with Gasteiger partial charge in [0.25, 0.3) is 0 Å². The molecule has 0 aliphatic heterocycles. The highest BCUT2D eigenvalue weighted by molar-refractivity contribution is 5.29. The quantitative estimate of drug-likeness (QED) is 0.846. The molecule has 2 aromatic rings. The molecule has 3 heteroatoms. The van der Waals surface area contributed by atoms with Gasteiger partial charge in [0.05, 0.1) is 6.61 Å². The molecule has 2 aromatic carbocycles. The Labute approximate surface area is 107 Å². The summed E-state index contributed by atoms with van der Waals surface area (Å²) >= 11 is 0. The molecule has 0 saturated carbocycles. The first-order valence-corrected chi connectivity index (χ1v) is 5.92. The molecule has 18 heavy (non-hydrogen) atoms. The molecule has 0 aliphatic rings. The normalized spacial score (nSPS) is 10.3. The second-order valence-corrected chi connectivity index (χ2v) is 4.11. The summed E-state index contributed by atoms with van der Waals surface area (Å²) in [5.74, 6) is 0.768. The zero-order chi connectivity index (χ0) is 12.8. The summed E-state index contributed by atoms with van der Waals surface area (Å²) in [6.45, 7) is 1.10. The van der Waals surface area contributed by atoms with Crippen molar-refractivity contribution in [1.82, 2.24) is 0 Å². The van der Waals surface area contributed by atoms with Crippen molar-refractivity contribution in [3.05, 3.63) is 65.2 Å². The fourth-order valence-electron chi connectivity index (χ4n) is 1.67. The van der Waals surface area contributed by atoms with Gasteiger partial charge in [0.2, 0.25) is 0 Å². The lowest BCUT2D eigenvalue weighted by Gasteiger charge is -2.08. The van der Waals surface area contributed by atoms with Gasteiger partial charge in [0, 0.05) is 6.54 Å². The molecule has 0 saturated heterocycles. The number of aliphatic hydroxyl groups is 1. The Morgan fingerprint density at radius 2 is 1.67 bits per heavy atom. The van der Waals surface area contributed by atoms with Gasteiger partial charge in [-0.15, -0.1) is 0 Å². The zero-order valence-corrected chi connectivity index (χ0v) is 10.2. The van der Waals surface area contributed by atoms with E-state index in [1.165, 1.54) is 0 Å². The first kappa shape index (κ1) is 12.6. The van der Waals surface area contributed by atoms with E-state index < -0.39 is 0 Å². The molecule has 2 rings (SSSR count). The predicted octanol–water partition coefficient (Wildman–Crippen LogP) is 2.22. The van der Waals surface area contributed by atoms with Crippen LogP contribution >= 0.6 is 0 Å². The lowest BCUT2D eigenvalue weighted by atomic mass is 10.1. The minimum atomic E-state index is 0.0302. The number of aliphatic hydroxyl groups excluding tert-OH is 1. The molecule has 3 N–H and O–H groups in total. The minimum absolute atomic E-state index is 0.0302. The summed E-state index contributed by atoms with van der Waals surface area (Å²) in [6, 6.07) is 15.5. The molecule has 0 aliphatic carbocycles. The van der Waals surface area contributed by atoms with Gasteiger partial charge >= 0.3 is 0 Å². The second-order valence-electron chi connectivity index (χ2n) is 4.11. The standard InChI is InChI=1S/C15H17NO2/c16-9-12-4-6-13(7-5-12)11-18-15-3-1-2-14(8-15)10-17/h1-8,17H,9-11,16H2. The van der Waals surface area contributed by atoms with Crippen LogP contribution in [-0.4, -0.2) is 5.11 Å². The van der Waals surface area contributed by atoms with Gasteiger partial charge in [0.15, 0.2) is 0 Å². The smallest absolute Gasteiger partial charge is 0.120 e. The molecule has 3 nitrogen and oxygen atoms in total. The van der Waals surface area contributed by atoms with E-state index >= 15 is 0 Å². The molecule has 0 atom stereocenters. The summed E-state index contributed by atoms with van der Waals surface area (Å²) in [4.78, 5) is 0. The van der Waals surface area contributed by atoms with Crippen molar-refractivity contribution < 1.29 is 9.84 Å². The molecule has 94 valence electrons. The SMILES string of the molecule is NCc1ccc(COc2cccc(CO)c2)cc1. The van der Waals surface area contributed by atoms with Gasteiger partial charge in [-0.1, -0.05) is 36.4 Å². The highest BCUT2D eigenvalue weighted by Crippen LogP contribution is 2.15. The highest BCUT2D eigenvalue weighted by Gasteiger charge is 1.98. The first-order chi connectivity index (χ1) is 8.81. The Bertz CT molecular complexity index is 494. The maximum atomic E-state index is 9.04. The molecule has 0 heterocycles. The van der Waals surface area contributed by atoms with Crippen molar-refractivity contribution in [2.45, 2.75) is 19.8 Å². The van der Waals surface area contributed by atoms with E-state index in [9.17, 15) is 0 Å². The number of hydrogen-bond donors (Lipinski definition) is 2. The molecule has 0 amide bonds.